The number of carboxylic acids is 1. The number of aromatic nitrogens is 1. The van der Waals surface area contributed by atoms with Crippen LogP contribution in [0.4, 0.5) is 0 Å². The van der Waals surface area contributed by atoms with Crippen LogP contribution < -0.4 is 5.32 Å². The summed E-state index contributed by atoms with van der Waals surface area (Å²) in [5, 5.41) is 18.3. The molecule has 3 N–H and O–H groups in total. The van der Waals surface area contributed by atoms with E-state index in [0.717, 1.165) is 4.90 Å². The van der Waals surface area contributed by atoms with Gasteiger partial charge in [-0.3, -0.25) is 25.3 Å². The highest BCUT2D eigenvalue weighted by molar-refractivity contribution is 6.04. The van der Waals surface area contributed by atoms with Crippen molar-refractivity contribution in [2.75, 3.05) is 13.6 Å². The molecule has 17 heavy (non-hydrogen) atoms. The van der Waals surface area contributed by atoms with Gasteiger partial charge in [-0.1, -0.05) is 0 Å². The Morgan fingerprint density at radius 3 is 2.82 bits per heavy atom. The van der Waals surface area contributed by atoms with Gasteiger partial charge in [0.2, 0.25) is 0 Å². The van der Waals surface area contributed by atoms with Crippen molar-refractivity contribution in [2.45, 2.75) is 0 Å². The first kappa shape index (κ1) is 12.6. The summed E-state index contributed by atoms with van der Waals surface area (Å²) in [7, 11) is 1.40. The number of hydrogen-bond acceptors (Lipinski definition) is 4. The van der Waals surface area contributed by atoms with E-state index in [9.17, 15) is 9.59 Å². The molecule has 90 valence electrons. The Morgan fingerprint density at radius 1 is 1.59 bits per heavy atom. The molecule has 0 radical (unpaired) electrons. The molecule has 0 saturated heterocycles. The first-order valence-electron chi connectivity index (χ1n) is 4.73. The molecule has 1 amide bonds. The fraction of sp³-hybridized carbons (Fsp3) is 0.200. The second-order valence-corrected chi connectivity index (χ2v) is 3.29. The van der Waals surface area contributed by atoms with Crippen molar-refractivity contribution in [3.8, 4) is 0 Å². The lowest BCUT2D eigenvalue weighted by Crippen LogP contribution is -2.43. The SMILES string of the molecule is CN(CC(=O)O)C(=N)NC(=O)c1cccnc1. The molecular formula is C10H12N4O3. The maximum absolute atomic E-state index is 11.6. The van der Waals surface area contributed by atoms with Crippen LogP contribution in [0.25, 0.3) is 0 Å². The minimum absolute atomic E-state index is 0.277. The third-order valence-corrected chi connectivity index (χ3v) is 1.91. The number of carbonyl (C=O) groups is 2. The summed E-state index contributed by atoms with van der Waals surface area (Å²) < 4.78 is 0. The van der Waals surface area contributed by atoms with Gasteiger partial charge in [-0.05, 0) is 12.1 Å². The van der Waals surface area contributed by atoms with E-state index in [2.05, 4.69) is 10.3 Å². The zero-order chi connectivity index (χ0) is 12.8. The molecule has 1 aromatic rings. The molecule has 1 rings (SSSR count). The number of aliphatic carboxylic acids is 1. The number of likely N-dealkylation sites (N-methyl/N-ethyl adjacent to an activating group) is 1. The molecule has 0 atom stereocenters. The van der Waals surface area contributed by atoms with Crippen LogP contribution >= 0.6 is 0 Å². The Hall–Kier alpha value is -2.44. The number of carbonyl (C=O) groups excluding carboxylic acids is 1. The molecule has 1 aromatic heterocycles. The average Bonchev–Trinajstić information content (AvgIpc) is 2.29. The van der Waals surface area contributed by atoms with E-state index in [1.807, 2.05) is 0 Å². The summed E-state index contributed by atoms with van der Waals surface area (Å²) in [6.07, 6.45) is 2.89. The number of pyridine rings is 1. The van der Waals surface area contributed by atoms with Gasteiger partial charge in [0.25, 0.3) is 5.91 Å². The minimum Gasteiger partial charge on any atom is -0.480 e. The molecule has 0 aromatic carbocycles. The van der Waals surface area contributed by atoms with Crippen molar-refractivity contribution in [2.24, 2.45) is 0 Å². The monoisotopic (exact) mass is 236 g/mol. The van der Waals surface area contributed by atoms with Gasteiger partial charge in [0, 0.05) is 19.4 Å². The Balaban J connectivity index is 2.58. The smallest absolute Gasteiger partial charge is 0.323 e. The van der Waals surface area contributed by atoms with Crippen LogP contribution in [0.15, 0.2) is 24.5 Å². The van der Waals surface area contributed by atoms with Crippen LogP contribution in [0.1, 0.15) is 10.4 Å². The highest BCUT2D eigenvalue weighted by atomic mass is 16.4. The summed E-state index contributed by atoms with van der Waals surface area (Å²) in [6.45, 7) is -0.355. The van der Waals surface area contributed by atoms with Crippen LogP contribution in [-0.4, -0.2) is 46.4 Å². The van der Waals surface area contributed by atoms with E-state index in [-0.39, 0.29) is 12.5 Å². The minimum atomic E-state index is -1.08. The van der Waals surface area contributed by atoms with Crippen molar-refractivity contribution in [1.82, 2.24) is 15.2 Å². The predicted octanol–water partition coefficient (Wildman–Crippen LogP) is -0.237. The highest BCUT2D eigenvalue weighted by Crippen LogP contribution is 1.95. The van der Waals surface area contributed by atoms with Crippen LogP contribution in [0, 0.1) is 5.41 Å². The Bertz CT molecular complexity index is 432. The van der Waals surface area contributed by atoms with Crippen LogP contribution in [0.3, 0.4) is 0 Å². The molecule has 0 bridgehead atoms. The molecule has 7 nitrogen and oxygen atoms in total. The predicted molar refractivity (Wildman–Crippen MR) is 59.7 cm³/mol. The number of amides is 1. The van der Waals surface area contributed by atoms with E-state index >= 15 is 0 Å². The van der Waals surface area contributed by atoms with E-state index in [4.69, 9.17) is 10.5 Å². The Morgan fingerprint density at radius 2 is 2.29 bits per heavy atom. The second kappa shape index (κ2) is 5.59. The quantitative estimate of drug-likeness (QED) is 0.496. The third-order valence-electron chi connectivity index (χ3n) is 1.91. The summed E-state index contributed by atoms with van der Waals surface area (Å²) in [5.41, 5.74) is 0.306. The molecule has 1 heterocycles. The Kier molecular flexibility index (Phi) is 4.15. The number of hydrogen-bond donors (Lipinski definition) is 3. The summed E-state index contributed by atoms with van der Waals surface area (Å²) in [6, 6.07) is 3.15. The topological polar surface area (TPSA) is 106 Å². The molecule has 0 aliphatic heterocycles. The number of rotatable bonds is 3. The molecule has 0 fully saturated rings. The zero-order valence-electron chi connectivity index (χ0n) is 9.17. The van der Waals surface area contributed by atoms with Crippen molar-refractivity contribution in [1.29, 1.82) is 5.41 Å². The summed E-state index contributed by atoms with van der Waals surface area (Å²) >= 11 is 0. The molecule has 0 unspecified atom stereocenters. The molecule has 0 saturated carbocycles. The fourth-order valence-electron chi connectivity index (χ4n) is 1.05. The van der Waals surface area contributed by atoms with E-state index in [1.54, 1.807) is 12.1 Å². The summed E-state index contributed by atoms with van der Waals surface area (Å²) in [4.78, 5) is 26.9. The Labute approximate surface area is 97.6 Å². The van der Waals surface area contributed by atoms with E-state index in [1.165, 1.54) is 19.4 Å². The molecule has 0 aliphatic carbocycles. The maximum atomic E-state index is 11.6. The van der Waals surface area contributed by atoms with Gasteiger partial charge in [-0.2, -0.15) is 0 Å². The maximum Gasteiger partial charge on any atom is 0.323 e. The largest absolute Gasteiger partial charge is 0.480 e. The van der Waals surface area contributed by atoms with Gasteiger partial charge in [0.1, 0.15) is 6.54 Å². The standard InChI is InChI=1S/C10H12N4O3/c1-14(6-8(15)16)10(11)13-9(17)7-3-2-4-12-5-7/h2-5H,6H2,1H3,(H,15,16)(H2,11,13,17). The molecule has 0 aliphatic rings. The van der Waals surface area contributed by atoms with Gasteiger partial charge in [-0.15, -0.1) is 0 Å². The molecule has 0 spiro atoms. The first-order valence-corrected chi connectivity index (χ1v) is 4.73. The highest BCUT2D eigenvalue weighted by Gasteiger charge is 2.12. The van der Waals surface area contributed by atoms with Crippen molar-refractivity contribution in [3.05, 3.63) is 30.1 Å². The van der Waals surface area contributed by atoms with E-state index < -0.39 is 11.9 Å². The summed E-state index contributed by atoms with van der Waals surface area (Å²) in [5.74, 6) is -1.85. The van der Waals surface area contributed by atoms with Crippen molar-refractivity contribution >= 4 is 17.8 Å². The lowest BCUT2D eigenvalue weighted by atomic mass is 10.3. The zero-order valence-corrected chi connectivity index (χ0v) is 9.17. The normalized spacial score (nSPS) is 9.47. The number of nitrogens with zero attached hydrogens (tertiary/aromatic N) is 2. The lowest BCUT2D eigenvalue weighted by Gasteiger charge is -2.17. The number of nitrogens with one attached hydrogen (secondary N) is 2. The third kappa shape index (κ3) is 3.90. The molecule has 7 heteroatoms. The first-order chi connectivity index (χ1) is 8.00. The number of carboxylic acid groups (broad SMARTS) is 1. The fourth-order valence-corrected chi connectivity index (χ4v) is 1.05. The van der Waals surface area contributed by atoms with Gasteiger partial charge in [-0.25, -0.2) is 0 Å². The van der Waals surface area contributed by atoms with Crippen LogP contribution in [0.5, 0.6) is 0 Å². The average molecular weight is 236 g/mol. The van der Waals surface area contributed by atoms with Gasteiger partial charge >= 0.3 is 5.97 Å². The number of guanidine groups is 1. The lowest BCUT2D eigenvalue weighted by molar-refractivity contribution is -0.137. The van der Waals surface area contributed by atoms with Crippen molar-refractivity contribution < 1.29 is 14.7 Å². The van der Waals surface area contributed by atoms with Crippen molar-refractivity contribution in [3.63, 3.8) is 0 Å². The van der Waals surface area contributed by atoms with Gasteiger partial charge < -0.3 is 10.0 Å². The van der Waals surface area contributed by atoms with Gasteiger partial charge in [0.05, 0.1) is 5.56 Å². The van der Waals surface area contributed by atoms with Gasteiger partial charge in [0.15, 0.2) is 5.96 Å². The molecular weight excluding hydrogens is 224 g/mol. The van der Waals surface area contributed by atoms with Crippen LogP contribution in [0.2, 0.25) is 0 Å². The van der Waals surface area contributed by atoms with E-state index in [0.29, 0.717) is 5.56 Å². The second-order valence-electron chi connectivity index (χ2n) is 3.29. The van der Waals surface area contributed by atoms with Crippen LogP contribution in [-0.2, 0) is 4.79 Å².